The van der Waals surface area contributed by atoms with E-state index >= 15 is 0 Å². The van der Waals surface area contributed by atoms with Gasteiger partial charge in [-0.3, -0.25) is 14.5 Å². The topological polar surface area (TPSA) is 65.5 Å². The molecule has 2 aromatic rings. The Kier molecular flexibility index (Phi) is 7.82. The smallest absolute Gasteiger partial charge is 0.244 e. The summed E-state index contributed by atoms with van der Waals surface area (Å²) in [7, 11) is 0. The summed E-state index contributed by atoms with van der Waals surface area (Å²) < 4.78 is 0. The molecule has 1 aliphatic rings. The minimum atomic E-state index is -0.332. The van der Waals surface area contributed by atoms with Gasteiger partial charge in [0.1, 0.15) is 11.9 Å². The van der Waals surface area contributed by atoms with E-state index in [0.717, 1.165) is 31.5 Å². The third kappa shape index (κ3) is 5.37. The summed E-state index contributed by atoms with van der Waals surface area (Å²) in [5, 5.41) is 3.37. The Balaban J connectivity index is 1.72. The van der Waals surface area contributed by atoms with Crippen molar-refractivity contribution in [1.29, 1.82) is 0 Å². The molecule has 1 fully saturated rings. The summed E-state index contributed by atoms with van der Waals surface area (Å²) in [5.41, 5.74) is 0.989. The number of hydrogen-bond donors (Lipinski definition) is 1. The van der Waals surface area contributed by atoms with Gasteiger partial charge in [0, 0.05) is 19.3 Å². The highest BCUT2D eigenvalue weighted by molar-refractivity contribution is 6.30. The monoisotopic (exact) mass is 428 g/mol. The summed E-state index contributed by atoms with van der Waals surface area (Å²) in [6.45, 7) is 6.79. The van der Waals surface area contributed by atoms with Gasteiger partial charge in [-0.25, -0.2) is 4.98 Å². The molecule has 7 heteroatoms. The van der Waals surface area contributed by atoms with E-state index in [1.54, 1.807) is 12.1 Å². The van der Waals surface area contributed by atoms with Crippen LogP contribution in [-0.4, -0.2) is 52.8 Å². The van der Waals surface area contributed by atoms with Crippen molar-refractivity contribution in [3.05, 3.63) is 59.2 Å². The van der Waals surface area contributed by atoms with Gasteiger partial charge >= 0.3 is 0 Å². The lowest BCUT2D eigenvalue weighted by Crippen LogP contribution is -2.48. The Labute approximate surface area is 183 Å². The van der Waals surface area contributed by atoms with Gasteiger partial charge in [0.15, 0.2) is 0 Å². The van der Waals surface area contributed by atoms with Crippen molar-refractivity contribution in [3.63, 3.8) is 0 Å². The number of nitrogens with one attached hydrogen (secondary N) is 1. The third-order valence-corrected chi connectivity index (χ3v) is 5.83. The number of nitrogens with zero attached hydrogens (tertiary/aromatic N) is 3. The standard InChI is InChI=1S/C23H29ClN4O2/c1-3-27(4-2)21(17-9-6-5-7-10-17)23(30)28-14-8-11-18(16-28)22(29)26-20-13-12-19(24)15-25-20/h5-7,9-10,12-13,15,18,21H,3-4,8,11,14,16H2,1-2H3,(H,25,26,29). The molecule has 6 nitrogen and oxygen atoms in total. The number of likely N-dealkylation sites (N-methyl/N-ethyl adjacent to an activating group) is 1. The molecule has 2 amide bonds. The average molecular weight is 429 g/mol. The van der Waals surface area contributed by atoms with Crippen LogP contribution in [0.2, 0.25) is 5.02 Å². The number of aromatic nitrogens is 1. The number of carbonyl (C=O) groups excluding carboxylic acids is 2. The zero-order chi connectivity index (χ0) is 21.5. The Morgan fingerprint density at radius 2 is 1.93 bits per heavy atom. The van der Waals surface area contributed by atoms with Gasteiger partial charge in [-0.2, -0.15) is 0 Å². The van der Waals surface area contributed by atoms with Crippen LogP contribution >= 0.6 is 11.6 Å². The molecule has 2 unspecified atom stereocenters. The van der Waals surface area contributed by atoms with Crippen molar-refractivity contribution in [2.75, 3.05) is 31.5 Å². The number of piperidine rings is 1. The molecule has 0 bridgehead atoms. The number of amides is 2. The summed E-state index contributed by atoms with van der Waals surface area (Å²) in [6, 6.07) is 12.9. The maximum Gasteiger partial charge on any atom is 0.244 e. The predicted molar refractivity (Wildman–Crippen MR) is 119 cm³/mol. The van der Waals surface area contributed by atoms with Crippen molar-refractivity contribution in [3.8, 4) is 0 Å². The lowest BCUT2D eigenvalue weighted by atomic mass is 9.95. The number of carbonyl (C=O) groups is 2. The fourth-order valence-corrected chi connectivity index (χ4v) is 4.09. The minimum Gasteiger partial charge on any atom is -0.340 e. The Bertz CT molecular complexity index is 840. The number of hydrogen-bond acceptors (Lipinski definition) is 4. The molecule has 1 N–H and O–H groups in total. The van der Waals surface area contributed by atoms with E-state index in [9.17, 15) is 9.59 Å². The molecule has 0 aliphatic carbocycles. The maximum absolute atomic E-state index is 13.5. The second kappa shape index (κ2) is 10.5. The van der Waals surface area contributed by atoms with Gasteiger partial charge in [0.05, 0.1) is 10.9 Å². The second-order valence-electron chi connectivity index (χ2n) is 7.51. The SMILES string of the molecule is CCN(CC)C(C(=O)N1CCCC(C(=O)Nc2ccc(Cl)cn2)C1)c1ccccc1. The Morgan fingerprint density at radius 3 is 2.57 bits per heavy atom. The first kappa shape index (κ1) is 22.2. The summed E-state index contributed by atoms with van der Waals surface area (Å²) in [4.78, 5) is 34.5. The number of benzene rings is 1. The molecular weight excluding hydrogens is 400 g/mol. The van der Waals surface area contributed by atoms with Crippen LogP contribution in [0.3, 0.4) is 0 Å². The maximum atomic E-state index is 13.5. The molecule has 1 saturated heterocycles. The Hall–Kier alpha value is -2.44. The summed E-state index contributed by atoms with van der Waals surface area (Å²) >= 11 is 5.86. The van der Waals surface area contributed by atoms with Gasteiger partial charge in [-0.1, -0.05) is 55.8 Å². The number of halogens is 1. The minimum absolute atomic E-state index is 0.0621. The molecule has 30 heavy (non-hydrogen) atoms. The van der Waals surface area contributed by atoms with E-state index in [-0.39, 0.29) is 23.8 Å². The zero-order valence-corrected chi connectivity index (χ0v) is 18.3. The van der Waals surface area contributed by atoms with Crippen LogP contribution in [0.4, 0.5) is 5.82 Å². The molecule has 2 heterocycles. The molecule has 2 atom stereocenters. The summed E-state index contributed by atoms with van der Waals surface area (Å²) in [5.74, 6) is 0.167. The van der Waals surface area contributed by atoms with Crippen molar-refractivity contribution in [2.24, 2.45) is 5.92 Å². The largest absolute Gasteiger partial charge is 0.340 e. The van der Waals surface area contributed by atoms with E-state index in [2.05, 4.69) is 29.0 Å². The highest BCUT2D eigenvalue weighted by atomic mass is 35.5. The van der Waals surface area contributed by atoms with E-state index in [1.165, 1.54) is 6.20 Å². The van der Waals surface area contributed by atoms with Crippen LogP contribution in [0.25, 0.3) is 0 Å². The van der Waals surface area contributed by atoms with Crippen LogP contribution < -0.4 is 5.32 Å². The third-order valence-electron chi connectivity index (χ3n) is 5.61. The number of pyridine rings is 1. The lowest BCUT2D eigenvalue weighted by Gasteiger charge is -2.37. The van der Waals surface area contributed by atoms with E-state index in [4.69, 9.17) is 11.6 Å². The quantitative estimate of drug-likeness (QED) is 0.724. The number of anilines is 1. The van der Waals surface area contributed by atoms with Crippen LogP contribution in [-0.2, 0) is 9.59 Å². The highest BCUT2D eigenvalue weighted by Crippen LogP contribution is 2.27. The predicted octanol–water partition coefficient (Wildman–Crippen LogP) is 4.00. The molecule has 3 rings (SSSR count). The zero-order valence-electron chi connectivity index (χ0n) is 17.6. The van der Waals surface area contributed by atoms with Crippen molar-refractivity contribution >= 4 is 29.2 Å². The summed E-state index contributed by atoms with van der Waals surface area (Å²) in [6.07, 6.45) is 3.06. The van der Waals surface area contributed by atoms with Crippen LogP contribution in [0.5, 0.6) is 0 Å². The van der Waals surface area contributed by atoms with Crippen molar-refractivity contribution < 1.29 is 9.59 Å². The van der Waals surface area contributed by atoms with Gasteiger partial charge in [-0.15, -0.1) is 0 Å². The van der Waals surface area contributed by atoms with E-state index in [1.807, 2.05) is 35.2 Å². The van der Waals surface area contributed by atoms with Crippen molar-refractivity contribution in [1.82, 2.24) is 14.8 Å². The van der Waals surface area contributed by atoms with E-state index in [0.29, 0.717) is 23.9 Å². The molecule has 0 spiro atoms. The first-order valence-electron chi connectivity index (χ1n) is 10.5. The van der Waals surface area contributed by atoms with Gasteiger partial charge < -0.3 is 10.2 Å². The molecule has 1 aliphatic heterocycles. The molecule has 0 radical (unpaired) electrons. The number of likely N-dealkylation sites (tertiary alicyclic amines) is 1. The molecule has 160 valence electrons. The van der Waals surface area contributed by atoms with Gasteiger partial charge in [-0.05, 0) is 43.6 Å². The fraction of sp³-hybridized carbons (Fsp3) is 0.435. The molecule has 1 aromatic carbocycles. The fourth-order valence-electron chi connectivity index (χ4n) is 3.98. The van der Waals surface area contributed by atoms with Crippen LogP contribution in [0.15, 0.2) is 48.7 Å². The second-order valence-corrected chi connectivity index (χ2v) is 7.95. The number of rotatable bonds is 7. The molecule has 1 aromatic heterocycles. The van der Waals surface area contributed by atoms with Crippen LogP contribution in [0.1, 0.15) is 38.3 Å². The highest BCUT2D eigenvalue weighted by Gasteiger charge is 2.34. The van der Waals surface area contributed by atoms with Crippen molar-refractivity contribution in [2.45, 2.75) is 32.7 Å². The van der Waals surface area contributed by atoms with Crippen LogP contribution in [0, 0.1) is 5.92 Å². The average Bonchev–Trinajstić information content (AvgIpc) is 2.79. The normalized spacial score (nSPS) is 17.6. The first-order chi connectivity index (χ1) is 14.5. The Morgan fingerprint density at radius 1 is 1.20 bits per heavy atom. The van der Waals surface area contributed by atoms with E-state index < -0.39 is 0 Å². The molecule has 0 saturated carbocycles. The first-order valence-corrected chi connectivity index (χ1v) is 10.9. The van der Waals surface area contributed by atoms with Gasteiger partial charge in [0.25, 0.3) is 0 Å². The lowest BCUT2D eigenvalue weighted by molar-refractivity contribution is -0.140. The van der Waals surface area contributed by atoms with Gasteiger partial charge in [0.2, 0.25) is 11.8 Å². The molecular formula is C23H29ClN4O2.